The molecule has 0 bridgehead atoms. The summed E-state index contributed by atoms with van der Waals surface area (Å²) < 4.78 is 25.7. The Morgan fingerprint density at radius 1 is 1.00 bits per heavy atom. The van der Waals surface area contributed by atoms with E-state index >= 15 is 0 Å². The summed E-state index contributed by atoms with van der Waals surface area (Å²) in [5.41, 5.74) is 1.68. The summed E-state index contributed by atoms with van der Waals surface area (Å²) in [5.74, 6) is 0.655. The fraction of sp³-hybridized carbons (Fsp3) is 0.0667. The first kappa shape index (κ1) is 14.9. The van der Waals surface area contributed by atoms with Gasteiger partial charge in [-0.1, -0.05) is 15.9 Å². The molecule has 0 aliphatic carbocycles. The minimum Gasteiger partial charge on any atom is -0.224 e. The Bertz CT molecular complexity index is 901. The van der Waals surface area contributed by atoms with E-state index in [0.717, 1.165) is 15.7 Å². The Labute approximate surface area is 136 Å². The molecule has 0 unspecified atom stereocenters. The second kappa shape index (κ2) is 5.66. The summed E-state index contributed by atoms with van der Waals surface area (Å²) in [6.45, 7) is 0. The van der Waals surface area contributed by atoms with Crippen molar-refractivity contribution in [3.05, 3.63) is 59.3 Å². The van der Waals surface area contributed by atoms with Gasteiger partial charge in [-0.05, 0) is 48.5 Å². The van der Waals surface area contributed by atoms with E-state index in [2.05, 4.69) is 26.0 Å². The van der Waals surface area contributed by atoms with Crippen molar-refractivity contribution in [3.63, 3.8) is 0 Å². The predicted molar refractivity (Wildman–Crippen MR) is 87.6 cm³/mol. The van der Waals surface area contributed by atoms with Gasteiger partial charge in [0, 0.05) is 16.3 Å². The quantitative estimate of drug-likeness (QED) is 0.703. The number of aromatic nitrogens is 3. The molecule has 1 aromatic heterocycles. The van der Waals surface area contributed by atoms with Crippen molar-refractivity contribution < 1.29 is 8.42 Å². The van der Waals surface area contributed by atoms with E-state index in [1.165, 1.54) is 12.6 Å². The molecule has 0 fully saturated rings. The molecule has 112 valence electrons. The minimum absolute atomic E-state index is 0.283. The third-order valence-corrected chi connectivity index (χ3v) is 4.82. The highest BCUT2D eigenvalue weighted by Gasteiger charge is 2.11. The van der Waals surface area contributed by atoms with Gasteiger partial charge in [0.25, 0.3) is 0 Å². The van der Waals surface area contributed by atoms with Crippen LogP contribution in [0.3, 0.4) is 0 Å². The van der Waals surface area contributed by atoms with E-state index in [1.807, 2.05) is 24.3 Å². The molecular formula is C15H12BrN3O2S. The van der Waals surface area contributed by atoms with Crippen LogP contribution in [-0.4, -0.2) is 29.4 Å². The molecule has 1 heterocycles. The fourth-order valence-electron chi connectivity index (χ4n) is 2.06. The number of rotatable bonds is 3. The van der Waals surface area contributed by atoms with Crippen LogP contribution in [0.5, 0.6) is 0 Å². The van der Waals surface area contributed by atoms with Gasteiger partial charge in [-0.3, -0.25) is 0 Å². The third kappa shape index (κ3) is 2.95. The normalized spacial score (nSPS) is 11.5. The first-order valence-electron chi connectivity index (χ1n) is 6.41. The highest BCUT2D eigenvalue weighted by Crippen LogP contribution is 2.22. The van der Waals surface area contributed by atoms with Crippen LogP contribution in [0.2, 0.25) is 0 Å². The van der Waals surface area contributed by atoms with E-state index in [4.69, 9.17) is 0 Å². The lowest BCUT2D eigenvalue weighted by Gasteiger charge is -2.07. The van der Waals surface area contributed by atoms with E-state index in [-0.39, 0.29) is 4.90 Å². The highest BCUT2D eigenvalue weighted by molar-refractivity contribution is 9.10. The van der Waals surface area contributed by atoms with Crippen LogP contribution in [0.25, 0.3) is 17.1 Å². The summed E-state index contributed by atoms with van der Waals surface area (Å²) >= 11 is 3.40. The van der Waals surface area contributed by atoms with Crippen LogP contribution in [0.15, 0.2) is 64.2 Å². The number of benzene rings is 2. The molecule has 0 N–H and O–H groups in total. The molecule has 0 aliphatic heterocycles. The zero-order chi connectivity index (χ0) is 15.7. The first-order chi connectivity index (χ1) is 10.4. The van der Waals surface area contributed by atoms with Gasteiger partial charge in [-0.2, -0.15) is 5.10 Å². The van der Waals surface area contributed by atoms with Gasteiger partial charge < -0.3 is 0 Å². The van der Waals surface area contributed by atoms with Crippen molar-refractivity contribution >= 4 is 25.8 Å². The van der Waals surface area contributed by atoms with E-state index in [0.29, 0.717) is 5.82 Å². The summed E-state index contributed by atoms with van der Waals surface area (Å²) in [7, 11) is -3.20. The molecule has 0 amide bonds. The monoisotopic (exact) mass is 377 g/mol. The van der Waals surface area contributed by atoms with Crippen molar-refractivity contribution in [1.29, 1.82) is 0 Å². The largest absolute Gasteiger partial charge is 0.224 e. The van der Waals surface area contributed by atoms with Crippen molar-refractivity contribution in [1.82, 2.24) is 14.8 Å². The summed E-state index contributed by atoms with van der Waals surface area (Å²) in [4.78, 5) is 4.55. The number of sulfone groups is 1. The van der Waals surface area contributed by atoms with E-state index in [9.17, 15) is 8.42 Å². The SMILES string of the molecule is CS(=O)(=O)c1ccc(-c2ncnn2-c2ccc(Br)cc2)cc1. The average molecular weight is 378 g/mol. The standard InChI is InChI=1S/C15H12BrN3O2S/c1-22(20,21)14-8-2-11(3-9-14)15-17-10-18-19(15)13-6-4-12(16)5-7-13/h2-10H,1H3. The molecule has 22 heavy (non-hydrogen) atoms. The lowest BCUT2D eigenvalue weighted by atomic mass is 10.2. The number of nitrogens with zero attached hydrogens (tertiary/aromatic N) is 3. The minimum atomic E-state index is -3.20. The molecule has 0 saturated carbocycles. The molecule has 3 rings (SSSR count). The van der Waals surface area contributed by atoms with Crippen LogP contribution in [-0.2, 0) is 9.84 Å². The second-order valence-electron chi connectivity index (χ2n) is 4.77. The topological polar surface area (TPSA) is 64.8 Å². The Balaban J connectivity index is 2.03. The lowest BCUT2D eigenvalue weighted by Crippen LogP contribution is -2.00. The van der Waals surface area contributed by atoms with Gasteiger partial charge in [0.2, 0.25) is 0 Å². The molecule has 0 atom stereocenters. The molecule has 0 saturated heterocycles. The Morgan fingerprint density at radius 3 is 2.23 bits per heavy atom. The number of halogens is 1. The molecular weight excluding hydrogens is 366 g/mol. The third-order valence-electron chi connectivity index (χ3n) is 3.16. The molecule has 7 heteroatoms. The van der Waals surface area contributed by atoms with Crippen molar-refractivity contribution in [3.8, 4) is 17.1 Å². The van der Waals surface area contributed by atoms with Gasteiger partial charge >= 0.3 is 0 Å². The number of hydrogen-bond donors (Lipinski definition) is 0. The summed E-state index contributed by atoms with van der Waals surface area (Å²) in [6, 6.07) is 14.3. The lowest BCUT2D eigenvalue weighted by molar-refractivity contribution is 0.602. The van der Waals surface area contributed by atoms with Gasteiger partial charge in [-0.15, -0.1) is 0 Å². The van der Waals surface area contributed by atoms with Gasteiger partial charge in [0.1, 0.15) is 6.33 Å². The van der Waals surface area contributed by atoms with Gasteiger partial charge in [-0.25, -0.2) is 18.1 Å². The molecule has 0 radical (unpaired) electrons. The smallest absolute Gasteiger partial charge is 0.175 e. The Kier molecular flexibility index (Phi) is 3.84. The van der Waals surface area contributed by atoms with Crippen LogP contribution in [0.4, 0.5) is 0 Å². The average Bonchev–Trinajstić information content (AvgIpc) is 2.97. The van der Waals surface area contributed by atoms with E-state index in [1.54, 1.807) is 28.9 Å². The molecule has 0 aliphatic rings. The molecule has 5 nitrogen and oxygen atoms in total. The zero-order valence-electron chi connectivity index (χ0n) is 11.6. The maximum absolute atomic E-state index is 11.5. The number of hydrogen-bond acceptors (Lipinski definition) is 4. The van der Waals surface area contributed by atoms with E-state index < -0.39 is 9.84 Å². The van der Waals surface area contributed by atoms with Gasteiger partial charge in [0.15, 0.2) is 15.7 Å². The Hall–Kier alpha value is -1.99. The summed E-state index contributed by atoms with van der Waals surface area (Å²) in [6.07, 6.45) is 2.66. The van der Waals surface area contributed by atoms with Crippen LogP contribution >= 0.6 is 15.9 Å². The summed E-state index contributed by atoms with van der Waals surface area (Å²) in [5, 5.41) is 4.24. The first-order valence-corrected chi connectivity index (χ1v) is 9.10. The van der Waals surface area contributed by atoms with Crippen LogP contribution in [0.1, 0.15) is 0 Å². The second-order valence-corrected chi connectivity index (χ2v) is 7.70. The van der Waals surface area contributed by atoms with Crippen molar-refractivity contribution in [2.45, 2.75) is 4.90 Å². The molecule has 0 spiro atoms. The van der Waals surface area contributed by atoms with Crippen LogP contribution in [0, 0.1) is 0 Å². The molecule has 2 aromatic carbocycles. The Morgan fingerprint density at radius 2 is 1.64 bits per heavy atom. The maximum Gasteiger partial charge on any atom is 0.175 e. The van der Waals surface area contributed by atoms with Gasteiger partial charge in [0.05, 0.1) is 10.6 Å². The van der Waals surface area contributed by atoms with Crippen LogP contribution < -0.4 is 0 Å². The highest BCUT2D eigenvalue weighted by atomic mass is 79.9. The van der Waals surface area contributed by atoms with Crippen molar-refractivity contribution in [2.75, 3.05) is 6.26 Å². The molecule has 3 aromatic rings. The fourth-order valence-corrected chi connectivity index (χ4v) is 2.96. The van der Waals surface area contributed by atoms with Crippen molar-refractivity contribution in [2.24, 2.45) is 0 Å². The zero-order valence-corrected chi connectivity index (χ0v) is 14.0. The predicted octanol–water partition coefficient (Wildman–Crippen LogP) is 3.10. The maximum atomic E-state index is 11.5.